The van der Waals surface area contributed by atoms with Crippen molar-refractivity contribution >= 4 is 11.6 Å². The summed E-state index contributed by atoms with van der Waals surface area (Å²) in [6.45, 7) is 2.73. The van der Waals surface area contributed by atoms with Gasteiger partial charge in [-0.3, -0.25) is 4.79 Å². The van der Waals surface area contributed by atoms with Crippen molar-refractivity contribution in [2.24, 2.45) is 0 Å². The lowest BCUT2D eigenvalue weighted by molar-refractivity contribution is -0.117. The van der Waals surface area contributed by atoms with Crippen LogP contribution in [0.3, 0.4) is 0 Å². The van der Waals surface area contributed by atoms with Gasteiger partial charge in [0.25, 0.3) is 0 Å². The van der Waals surface area contributed by atoms with Gasteiger partial charge in [0.15, 0.2) is 0 Å². The maximum Gasteiger partial charge on any atom is 0.248 e. The fourth-order valence-electron chi connectivity index (χ4n) is 2.68. The average molecular weight is 411 g/mol. The molecule has 0 aliphatic carbocycles. The molecule has 0 atom stereocenters. The quantitative estimate of drug-likeness (QED) is 0.511. The number of benzene rings is 2. The van der Waals surface area contributed by atoms with E-state index in [2.05, 4.69) is 27.7 Å². The second kappa shape index (κ2) is 10.2. The summed E-state index contributed by atoms with van der Waals surface area (Å²) in [5.74, 6) is 2.06. The molecule has 158 valence electrons. The minimum absolute atomic E-state index is 0.0829. The van der Waals surface area contributed by atoms with Crippen molar-refractivity contribution in [1.82, 2.24) is 20.2 Å². The van der Waals surface area contributed by atoms with Gasteiger partial charge in [0, 0.05) is 11.6 Å². The van der Waals surface area contributed by atoms with Crippen molar-refractivity contribution < 1.29 is 19.0 Å². The van der Waals surface area contributed by atoms with Crippen LogP contribution in [-0.2, 0) is 11.3 Å². The molecule has 0 aliphatic rings. The molecule has 0 saturated carbocycles. The second-order valence-corrected chi connectivity index (χ2v) is 6.48. The van der Waals surface area contributed by atoms with Crippen LogP contribution in [0.1, 0.15) is 19.8 Å². The van der Waals surface area contributed by atoms with Gasteiger partial charge in [-0.25, -0.2) is 0 Å². The summed E-state index contributed by atoms with van der Waals surface area (Å²) >= 11 is 0. The number of rotatable bonds is 10. The van der Waals surface area contributed by atoms with Crippen molar-refractivity contribution in [1.29, 1.82) is 0 Å². The summed E-state index contributed by atoms with van der Waals surface area (Å²) in [4.78, 5) is 13.6. The van der Waals surface area contributed by atoms with E-state index in [1.165, 1.54) is 11.9 Å². The molecule has 0 bridgehead atoms. The fraction of sp³-hybridized carbons (Fsp3) is 0.333. The SMILES string of the molecule is CCCCOc1ccc(-c2nnn(CC(=O)Nc3ccc(OC)cc3OC)n2)cc1. The zero-order valence-corrected chi connectivity index (χ0v) is 17.3. The number of hydrogen-bond acceptors (Lipinski definition) is 7. The van der Waals surface area contributed by atoms with E-state index in [-0.39, 0.29) is 12.5 Å². The van der Waals surface area contributed by atoms with E-state index in [1.807, 2.05) is 24.3 Å². The molecule has 1 aromatic heterocycles. The van der Waals surface area contributed by atoms with Crippen LogP contribution in [0.4, 0.5) is 5.69 Å². The minimum atomic E-state index is -0.304. The van der Waals surface area contributed by atoms with Gasteiger partial charge in [-0.15, -0.1) is 10.2 Å². The zero-order valence-electron chi connectivity index (χ0n) is 17.3. The van der Waals surface area contributed by atoms with E-state index < -0.39 is 0 Å². The van der Waals surface area contributed by atoms with E-state index in [0.717, 1.165) is 24.2 Å². The zero-order chi connectivity index (χ0) is 21.3. The van der Waals surface area contributed by atoms with Crippen molar-refractivity contribution in [3.05, 3.63) is 42.5 Å². The number of carbonyl (C=O) groups is 1. The number of nitrogens with zero attached hydrogens (tertiary/aromatic N) is 4. The molecule has 0 spiro atoms. The molecule has 0 fully saturated rings. The lowest BCUT2D eigenvalue weighted by atomic mass is 10.2. The summed E-state index contributed by atoms with van der Waals surface area (Å²) in [6.07, 6.45) is 2.10. The highest BCUT2D eigenvalue weighted by Crippen LogP contribution is 2.29. The fourth-order valence-corrected chi connectivity index (χ4v) is 2.68. The van der Waals surface area contributed by atoms with E-state index in [9.17, 15) is 4.79 Å². The molecule has 3 aromatic rings. The van der Waals surface area contributed by atoms with Gasteiger partial charge >= 0.3 is 0 Å². The number of ether oxygens (including phenoxy) is 3. The highest BCUT2D eigenvalue weighted by atomic mass is 16.5. The minimum Gasteiger partial charge on any atom is -0.497 e. The van der Waals surface area contributed by atoms with Crippen molar-refractivity contribution in [3.8, 4) is 28.6 Å². The summed E-state index contributed by atoms with van der Waals surface area (Å²) in [5, 5.41) is 15.0. The molecule has 9 nitrogen and oxygen atoms in total. The number of aromatic nitrogens is 4. The number of carbonyl (C=O) groups excluding carboxylic acids is 1. The molecule has 9 heteroatoms. The van der Waals surface area contributed by atoms with Gasteiger partial charge < -0.3 is 19.5 Å². The molecule has 1 heterocycles. The Labute approximate surface area is 175 Å². The summed E-state index contributed by atoms with van der Waals surface area (Å²) in [7, 11) is 3.09. The Bertz CT molecular complexity index is 972. The molecule has 1 amide bonds. The normalized spacial score (nSPS) is 10.5. The lowest BCUT2D eigenvalue weighted by Crippen LogP contribution is -2.20. The van der Waals surface area contributed by atoms with Crippen molar-refractivity contribution in [2.45, 2.75) is 26.3 Å². The maximum atomic E-state index is 12.4. The molecule has 2 aromatic carbocycles. The standard InChI is InChI=1S/C21H25N5O4/c1-4-5-12-30-16-8-6-15(7-9-16)21-23-25-26(24-21)14-20(27)22-18-11-10-17(28-2)13-19(18)29-3/h6-11,13H,4-5,12,14H2,1-3H3,(H,22,27). The topological polar surface area (TPSA) is 100 Å². The Morgan fingerprint density at radius 1 is 1.07 bits per heavy atom. The number of amides is 1. The molecule has 0 aliphatic heterocycles. The number of anilines is 1. The van der Waals surface area contributed by atoms with Crippen LogP contribution in [0.2, 0.25) is 0 Å². The first-order valence-corrected chi connectivity index (χ1v) is 9.66. The Balaban J connectivity index is 1.60. The molecule has 3 rings (SSSR count). The predicted molar refractivity (Wildman–Crippen MR) is 112 cm³/mol. The van der Waals surface area contributed by atoms with Crippen LogP contribution < -0.4 is 19.5 Å². The van der Waals surface area contributed by atoms with Gasteiger partial charge in [0.05, 0.1) is 26.5 Å². The molecule has 0 unspecified atom stereocenters. The van der Waals surface area contributed by atoms with Crippen LogP contribution in [0.25, 0.3) is 11.4 Å². The summed E-state index contributed by atoms with van der Waals surface area (Å²) < 4.78 is 16.1. The smallest absolute Gasteiger partial charge is 0.248 e. The van der Waals surface area contributed by atoms with Crippen LogP contribution in [-0.4, -0.2) is 46.9 Å². The first kappa shape index (κ1) is 21.1. The van der Waals surface area contributed by atoms with Gasteiger partial charge in [0.1, 0.15) is 23.8 Å². The first-order chi connectivity index (χ1) is 14.6. The van der Waals surface area contributed by atoms with Crippen LogP contribution in [0.15, 0.2) is 42.5 Å². The average Bonchev–Trinajstić information content (AvgIpc) is 3.23. The van der Waals surface area contributed by atoms with Crippen LogP contribution >= 0.6 is 0 Å². The van der Waals surface area contributed by atoms with Gasteiger partial charge in [-0.1, -0.05) is 13.3 Å². The maximum absolute atomic E-state index is 12.4. The molecule has 1 N–H and O–H groups in total. The third-order valence-electron chi connectivity index (χ3n) is 4.30. The molecule has 0 saturated heterocycles. The Morgan fingerprint density at radius 2 is 1.83 bits per heavy atom. The van der Waals surface area contributed by atoms with Crippen molar-refractivity contribution in [2.75, 3.05) is 26.1 Å². The lowest BCUT2D eigenvalue weighted by Gasteiger charge is -2.11. The third-order valence-corrected chi connectivity index (χ3v) is 4.30. The molecular weight excluding hydrogens is 386 g/mol. The second-order valence-electron chi connectivity index (χ2n) is 6.48. The van der Waals surface area contributed by atoms with Crippen LogP contribution in [0, 0.1) is 0 Å². The number of methoxy groups -OCH3 is 2. The Morgan fingerprint density at radius 3 is 2.53 bits per heavy atom. The van der Waals surface area contributed by atoms with Gasteiger partial charge in [-0.05, 0) is 48.0 Å². The molecule has 0 radical (unpaired) electrons. The summed E-state index contributed by atoms with van der Waals surface area (Å²) in [6, 6.07) is 12.6. The highest BCUT2D eigenvalue weighted by molar-refractivity contribution is 5.92. The Kier molecular flexibility index (Phi) is 7.20. The number of tetrazole rings is 1. The molecular formula is C21H25N5O4. The van der Waals surface area contributed by atoms with Crippen LogP contribution in [0.5, 0.6) is 17.2 Å². The van der Waals surface area contributed by atoms with Gasteiger partial charge in [0.2, 0.25) is 11.7 Å². The summed E-state index contributed by atoms with van der Waals surface area (Å²) in [5.41, 5.74) is 1.32. The van der Waals surface area contributed by atoms with Gasteiger partial charge in [-0.2, -0.15) is 4.80 Å². The number of nitrogens with one attached hydrogen (secondary N) is 1. The predicted octanol–water partition coefficient (Wildman–Crippen LogP) is 3.17. The van der Waals surface area contributed by atoms with Crippen molar-refractivity contribution in [3.63, 3.8) is 0 Å². The monoisotopic (exact) mass is 411 g/mol. The largest absolute Gasteiger partial charge is 0.497 e. The molecule has 30 heavy (non-hydrogen) atoms. The van der Waals surface area contributed by atoms with E-state index in [1.54, 1.807) is 25.3 Å². The number of unbranched alkanes of at least 4 members (excludes halogenated alkanes) is 1. The Hall–Kier alpha value is -3.62. The van der Waals surface area contributed by atoms with E-state index >= 15 is 0 Å². The number of hydrogen-bond donors (Lipinski definition) is 1. The third kappa shape index (κ3) is 5.47. The van der Waals surface area contributed by atoms with E-state index in [4.69, 9.17) is 14.2 Å². The first-order valence-electron chi connectivity index (χ1n) is 9.66. The van der Waals surface area contributed by atoms with E-state index in [0.29, 0.717) is 29.6 Å². The highest BCUT2D eigenvalue weighted by Gasteiger charge is 2.12.